The Bertz CT molecular complexity index is 758. The van der Waals surface area contributed by atoms with E-state index in [0.717, 1.165) is 20.8 Å². The van der Waals surface area contributed by atoms with Crippen molar-refractivity contribution in [2.24, 2.45) is 0 Å². The molecule has 0 bridgehead atoms. The lowest BCUT2D eigenvalue weighted by Gasteiger charge is -1.98. The van der Waals surface area contributed by atoms with Crippen molar-refractivity contribution in [2.45, 2.75) is 0 Å². The van der Waals surface area contributed by atoms with Crippen LogP contribution in [0.15, 0.2) is 45.3 Å². The van der Waals surface area contributed by atoms with Gasteiger partial charge in [0.25, 0.3) is 0 Å². The number of ether oxygens (including phenoxy) is 1. The van der Waals surface area contributed by atoms with Crippen molar-refractivity contribution >= 4 is 43.8 Å². The molecule has 1 heterocycles. The number of rotatable bonds is 1. The van der Waals surface area contributed by atoms with Crippen molar-refractivity contribution in [3.63, 3.8) is 0 Å². The first-order valence-electron chi connectivity index (χ1n) is 5.40. The van der Waals surface area contributed by atoms with Crippen molar-refractivity contribution in [3.8, 4) is 0 Å². The maximum absolute atomic E-state index is 11.7. The molecule has 0 N–H and O–H groups in total. The largest absolute Gasteiger partial charge is 0.465 e. The lowest BCUT2D eigenvalue weighted by atomic mass is 10.1. The lowest BCUT2D eigenvalue weighted by Crippen LogP contribution is -2.00. The Labute approximate surface area is 111 Å². The van der Waals surface area contributed by atoms with Crippen molar-refractivity contribution in [1.29, 1.82) is 0 Å². The van der Waals surface area contributed by atoms with Gasteiger partial charge in [-0.1, -0.05) is 28.1 Å². The molecule has 0 spiro atoms. The Morgan fingerprint density at radius 1 is 1.22 bits per heavy atom. The molecule has 90 valence electrons. The fourth-order valence-corrected chi connectivity index (χ4v) is 2.40. The highest BCUT2D eigenvalue weighted by atomic mass is 79.9. The van der Waals surface area contributed by atoms with Gasteiger partial charge < -0.3 is 9.15 Å². The van der Waals surface area contributed by atoms with Gasteiger partial charge in [-0.25, -0.2) is 4.79 Å². The van der Waals surface area contributed by atoms with Gasteiger partial charge in [-0.3, -0.25) is 0 Å². The molecule has 18 heavy (non-hydrogen) atoms. The molecule has 0 aliphatic heterocycles. The van der Waals surface area contributed by atoms with Gasteiger partial charge in [-0.15, -0.1) is 0 Å². The number of esters is 1. The SMILES string of the molecule is COC(=O)c1cccc2c1oc1ccc(Br)cc12. The van der Waals surface area contributed by atoms with Crippen LogP contribution >= 0.6 is 15.9 Å². The number of hydrogen-bond acceptors (Lipinski definition) is 3. The van der Waals surface area contributed by atoms with Gasteiger partial charge in [0.05, 0.1) is 7.11 Å². The quantitative estimate of drug-likeness (QED) is 0.634. The van der Waals surface area contributed by atoms with Crippen LogP contribution in [-0.2, 0) is 4.74 Å². The van der Waals surface area contributed by atoms with E-state index in [9.17, 15) is 4.79 Å². The van der Waals surface area contributed by atoms with E-state index in [1.807, 2.05) is 30.3 Å². The molecule has 0 radical (unpaired) electrons. The number of fused-ring (bicyclic) bond motifs is 3. The lowest BCUT2D eigenvalue weighted by molar-refractivity contribution is 0.0602. The van der Waals surface area contributed by atoms with Crippen LogP contribution < -0.4 is 0 Å². The standard InChI is InChI=1S/C14H9BrO3/c1-17-14(16)10-4-2-3-9-11-7-8(15)5-6-12(11)18-13(9)10/h2-7H,1H3. The molecule has 0 aliphatic carbocycles. The summed E-state index contributed by atoms with van der Waals surface area (Å²) in [5.74, 6) is -0.390. The number of methoxy groups -OCH3 is 1. The third-order valence-electron chi connectivity index (χ3n) is 2.86. The predicted octanol–water partition coefficient (Wildman–Crippen LogP) is 4.14. The Morgan fingerprint density at radius 2 is 2.06 bits per heavy atom. The minimum atomic E-state index is -0.390. The topological polar surface area (TPSA) is 39.4 Å². The van der Waals surface area contributed by atoms with Gasteiger partial charge in [0.15, 0.2) is 0 Å². The highest BCUT2D eigenvalue weighted by molar-refractivity contribution is 9.10. The van der Waals surface area contributed by atoms with Crippen molar-refractivity contribution in [3.05, 3.63) is 46.4 Å². The third kappa shape index (κ3) is 1.61. The smallest absolute Gasteiger partial charge is 0.341 e. The van der Waals surface area contributed by atoms with E-state index in [4.69, 9.17) is 9.15 Å². The Hall–Kier alpha value is -1.81. The maximum atomic E-state index is 11.7. The molecule has 0 fully saturated rings. The molecule has 3 aromatic rings. The molecule has 3 rings (SSSR count). The molecule has 0 unspecified atom stereocenters. The summed E-state index contributed by atoms with van der Waals surface area (Å²) in [6, 6.07) is 11.2. The normalized spacial score (nSPS) is 11.0. The Morgan fingerprint density at radius 3 is 2.83 bits per heavy atom. The van der Waals surface area contributed by atoms with Gasteiger partial charge in [0.1, 0.15) is 16.7 Å². The van der Waals surface area contributed by atoms with Crippen LogP contribution in [0.2, 0.25) is 0 Å². The highest BCUT2D eigenvalue weighted by Gasteiger charge is 2.15. The molecule has 3 nitrogen and oxygen atoms in total. The van der Waals surface area contributed by atoms with E-state index in [2.05, 4.69) is 15.9 Å². The number of carbonyl (C=O) groups is 1. The predicted molar refractivity (Wildman–Crippen MR) is 72.8 cm³/mol. The average Bonchev–Trinajstić information content (AvgIpc) is 2.75. The third-order valence-corrected chi connectivity index (χ3v) is 3.36. The van der Waals surface area contributed by atoms with Gasteiger partial charge in [0.2, 0.25) is 0 Å². The second-order valence-electron chi connectivity index (χ2n) is 3.92. The summed E-state index contributed by atoms with van der Waals surface area (Å²) >= 11 is 3.43. The number of carbonyl (C=O) groups excluding carboxylic acids is 1. The van der Waals surface area contributed by atoms with Crippen molar-refractivity contribution < 1.29 is 13.9 Å². The number of halogens is 1. The molecular weight excluding hydrogens is 296 g/mol. The number of para-hydroxylation sites is 1. The first-order valence-corrected chi connectivity index (χ1v) is 6.19. The van der Waals surface area contributed by atoms with Crippen molar-refractivity contribution in [1.82, 2.24) is 0 Å². The zero-order chi connectivity index (χ0) is 12.7. The van der Waals surface area contributed by atoms with E-state index in [1.165, 1.54) is 7.11 Å². The summed E-state index contributed by atoms with van der Waals surface area (Å²) in [5, 5.41) is 1.89. The maximum Gasteiger partial charge on any atom is 0.341 e. The minimum Gasteiger partial charge on any atom is -0.465 e. The first-order chi connectivity index (χ1) is 8.70. The molecule has 1 aromatic heterocycles. The van der Waals surface area contributed by atoms with Gasteiger partial charge >= 0.3 is 5.97 Å². The molecule has 0 saturated heterocycles. The average molecular weight is 305 g/mol. The summed E-state index contributed by atoms with van der Waals surface area (Å²) in [5.41, 5.74) is 1.77. The molecule has 4 heteroatoms. The molecule has 0 atom stereocenters. The molecule has 0 aliphatic rings. The fraction of sp³-hybridized carbons (Fsp3) is 0.0714. The molecule has 2 aromatic carbocycles. The van der Waals surface area contributed by atoms with E-state index >= 15 is 0 Å². The summed E-state index contributed by atoms with van der Waals surface area (Å²) in [6.07, 6.45) is 0. The first kappa shape index (κ1) is 11.3. The number of furan rings is 1. The van der Waals surface area contributed by atoms with Crippen LogP contribution in [0.1, 0.15) is 10.4 Å². The second kappa shape index (κ2) is 4.14. The zero-order valence-electron chi connectivity index (χ0n) is 9.57. The van der Waals surface area contributed by atoms with Gasteiger partial charge in [0, 0.05) is 15.2 Å². The Balaban J connectivity index is 2.42. The zero-order valence-corrected chi connectivity index (χ0v) is 11.2. The summed E-state index contributed by atoms with van der Waals surface area (Å²) in [7, 11) is 1.36. The Kier molecular flexibility index (Phi) is 2.59. The van der Waals surface area contributed by atoms with Crippen LogP contribution in [0, 0.1) is 0 Å². The van der Waals surface area contributed by atoms with Crippen LogP contribution in [0.4, 0.5) is 0 Å². The van der Waals surface area contributed by atoms with Crippen LogP contribution in [0.25, 0.3) is 21.9 Å². The monoisotopic (exact) mass is 304 g/mol. The van der Waals surface area contributed by atoms with Crippen molar-refractivity contribution in [2.75, 3.05) is 7.11 Å². The van der Waals surface area contributed by atoms with E-state index in [1.54, 1.807) is 6.07 Å². The summed E-state index contributed by atoms with van der Waals surface area (Å²) < 4.78 is 11.5. The molecule has 0 saturated carbocycles. The van der Waals surface area contributed by atoms with E-state index in [0.29, 0.717) is 11.1 Å². The molecular formula is C14H9BrO3. The number of hydrogen-bond donors (Lipinski definition) is 0. The van der Waals surface area contributed by atoms with Crippen LogP contribution in [0.3, 0.4) is 0 Å². The van der Waals surface area contributed by atoms with Crippen LogP contribution in [0.5, 0.6) is 0 Å². The molecule has 0 amide bonds. The van der Waals surface area contributed by atoms with Gasteiger partial charge in [-0.05, 0) is 24.3 Å². The summed E-state index contributed by atoms with van der Waals surface area (Å²) in [4.78, 5) is 11.7. The highest BCUT2D eigenvalue weighted by Crippen LogP contribution is 2.32. The summed E-state index contributed by atoms with van der Waals surface area (Å²) in [6.45, 7) is 0. The van der Waals surface area contributed by atoms with Crippen LogP contribution in [-0.4, -0.2) is 13.1 Å². The fourth-order valence-electron chi connectivity index (χ4n) is 2.04. The number of benzene rings is 2. The van der Waals surface area contributed by atoms with E-state index < -0.39 is 5.97 Å². The van der Waals surface area contributed by atoms with E-state index in [-0.39, 0.29) is 0 Å². The minimum absolute atomic E-state index is 0.390. The van der Waals surface area contributed by atoms with Gasteiger partial charge in [-0.2, -0.15) is 0 Å². The second-order valence-corrected chi connectivity index (χ2v) is 4.83.